The zero-order valence-corrected chi connectivity index (χ0v) is 16.8. The first-order valence-corrected chi connectivity index (χ1v) is 10.4. The minimum absolute atomic E-state index is 0.00807. The monoisotopic (exact) mass is 418 g/mol. The first-order valence-electron chi connectivity index (χ1n) is 9.52. The van der Waals surface area contributed by atoms with E-state index in [1.165, 1.54) is 0 Å². The van der Waals surface area contributed by atoms with Gasteiger partial charge in [-0.15, -0.1) is 11.3 Å². The summed E-state index contributed by atoms with van der Waals surface area (Å²) in [4.78, 5) is 31.8. The predicted octanol–water partition coefficient (Wildman–Crippen LogP) is 3.82. The summed E-state index contributed by atoms with van der Waals surface area (Å²) in [6.45, 7) is 0.292. The van der Waals surface area contributed by atoms with E-state index in [9.17, 15) is 9.59 Å². The molecule has 0 bridgehead atoms. The zero-order chi connectivity index (χ0) is 20.5. The number of ether oxygens (including phenoxy) is 1. The Labute approximate surface area is 176 Å². The Balaban J connectivity index is 1.22. The van der Waals surface area contributed by atoms with Crippen molar-refractivity contribution in [1.29, 1.82) is 0 Å². The highest BCUT2D eigenvalue weighted by Gasteiger charge is 2.25. The molecule has 30 heavy (non-hydrogen) atoms. The number of benzene rings is 2. The third kappa shape index (κ3) is 3.53. The van der Waals surface area contributed by atoms with Crippen LogP contribution < -0.4 is 15.0 Å². The molecule has 0 unspecified atom stereocenters. The second kappa shape index (κ2) is 7.64. The maximum Gasteiger partial charge on any atom is 0.265 e. The Morgan fingerprint density at radius 1 is 1.17 bits per heavy atom. The van der Waals surface area contributed by atoms with Crippen LogP contribution in [0, 0.1) is 0 Å². The van der Waals surface area contributed by atoms with Gasteiger partial charge in [0.1, 0.15) is 5.75 Å². The number of anilines is 2. The zero-order valence-electron chi connectivity index (χ0n) is 15.9. The van der Waals surface area contributed by atoms with Gasteiger partial charge in [-0.3, -0.25) is 14.0 Å². The van der Waals surface area contributed by atoms with Crippen molar-refractivity contribution in [2.45, 2.75) is 6.42 Å². The fraction of sp³-hybridized carbons (Fsp3) is 0.136. The summed E-state index contributed by atoms with van der Waals surface area (Å²) in [5.41, 5.74) is 3.29. The van der Waals surface area contributed by atoms with E-state index in [-0.39, 0.29) is 24.8 Å². The molecule has 0 spiro atoms. The van der Waals surface area contributed by atoms with Crippen LogP contribution in [0.4, 0.5) is 11.4 Å². The number of carbonyl (C=O) groups is 2. The van der Waals surface area contributed by atoms with Crippen LogP contribution in [0.5, 0.6) is 5.75 Å². The van der Waals surface area contributed by atoms with Crippen LogP contribution in [-0.2, 0) is 9.59 Å². The number of rotatable bonds is 5. The molecule has 7 nitrogen and oxygen atoms in total. The lowest BCUT2D eigenvalue weighted by Crippen LogP contribution is -2.40. The second-order valence-electron chi connectivity index (χ2n) is 6.90. The molecule has 0 atom stereocenters. The molecule has 1 N–H and O–H groups in total. The Bertz CT molecular complexity index is 1200. The number of nitrogens with zero attached hydrogens (tertiary/aromatic N) is 3. The van der Waals surface area contributed by atoms with Crippen LogP contribution in [0.15, 0.2) is 66.3 Å². The molecule has 0 aliphatic carbocycles. The highest BCUT2D eigenvalue weighted by atomic mass is 32.1. The topological polar surface area (TPSA) is 75.9 Å². The Hall–Kier alpha value is -3.65. The van der Waals surface area contributed by atoms with Gasteiger partial charge in [0.05, 0.1) is 11.4 Å². The Kier molecular flexibility index (Phi) is 4.68. The van der Waals surface area contributed by atoms with Crippen LogP contribution in [0.3, 0.4) is 0 Å². The third-order valence-electron chi connectivity index (χ3n) is 4.93. The van der Waals surface area contributed by atoms with E-state index in [0.29, 0.717) is 23.7 Å². The lowest BCUT2D eigenvalue weighted by atomic mass is 10.1. The van der Waals surface area contributed by atoms with Crippen molar-refractivity contribution in [3.05, 3.63) is 66.3 Å². The highest BCUT2D eigenvalue weighted by molar-refractivity contribution is 7.15. The Morgan fingerprint density at radius 2 is 2.00 bits per heavy atom. The SMILES string of the molecule is O=C(CCN1C(=O)COc2ccccc21)Nc1ccc(-c2cn3ccsc3n2)cc1. The number of imidazole rings is 1. The average molecular weight is 418 g/mol. The number of aromatic nitrogens is 2. The third-order valence-corrected chi connectivity index (χ3v) is 5.70. The molecule has 0 saturated heterocycles. The van der Waals surface area contributed by atoms with E-state index >= 15 is 0 Å². The molecule has 1 aliphatic rings. The molecule has 3 heterocycles. The second-order valence-corrected chi connectivity index (χ2v) is 7.77. The van der Waals surface area contributed by atoms with E-state index in [4.69, 9.17) is 4.74 Å². The minimum Gasteiger partial charge on any atom is -0.482 e. The normalized spacial score (nSPS) is 13.2. The lowest BCUT2D eigenvalue weighted by molar-refractivity contribution is -0.121. The molecule has 5 rings (SSSR count). The minimum atomic E-state index is -0.151. The molecule has 2 aromatic heterocycles. The molecule has 0 radical (unpaired) electrons. The number of thiazole rings is 1. The van der Waals surface area contributed by atoms with Gasteiger partial charge >= 0.3 is 0 Å². The van der Waals surface area contributed by atoms with Crippen molar-refractivity contribution in [3.8, 4) is 17.0 Å². The van der Waals surface area contributed by atoms with Gasteiger partial charge in [-0.25, -0.2) is 4.98 Å². The van der Waals surface area contributed by atoms with Crippen molar-refractivity contribution in [1.82, 2.24) is 9.38 Å². The largest absolute Gasteiger partial charge is 0.482 e. The summed E-state index contributed by atoms with van der Waals surface area (Å²) < 4.78 is 7.42. The van der Waals surface area contributed by atoms with Crippen LogP contribution >= 0.6 is 11.3 Å². The molecule has 2 amide bonds. The molecule has 0 fully saturated rings. The maximum absolute atomic E-state index is 12.4. The number of hydrogen-bond acceptors (Lipinski definition) is 5. The summed E-state index contributed by atoms with van der Waals surface area (Å²) in [6, 6.07) is 14.9. The summed E-state index contributed by atoms with van der Waals surface area (Å²) >= 11 is 1.59. The van der Waals surface area contributed by atoms with Crippen molar-refractivity contribution in [2.75, 3.05) is 23.4 Å². The fourth-order valence-electron chi connectivity index (χ4n) is 3.43. The quantitative estimate of drug-likeness (QED) is 0.535. The first-order chi connectivity index (χ1) is 14.7. The number of amides is 2. The van der Waals surface area contributed by atoms with Gasteiger partial charge < -0.3 is 15.0 Å². The van der Waals surface area contributed by atoms with Gasteiger partial charge in [0.15, 0.2) is 11.6 Å². The smallest absolute Gasteiger partial charge is 0.265 e. The maximum atomic E-state index is 12.4. The standard InChI is InChI=1S/C22H18N4O3S/c27-20(9-10-26-18-3-1-2-4-19(18)29-14-21(26)28)23-16-7-5-15(6-8-16)17-13-25-11-12-30-22(25)24-17/h1-8,11-13H,9-10,14H2,(H,23,27). The summed E-state index contributed by atoms with van der Waals surface area (Å²) in [6.07, 6.45) is 4.15. The molecule has 8 heteroatoms. The van der Waals surface area contributed by atoms with Gasteiger partial charge in [-0.1, -0.05) is 24.3 Å². The van der Waals surface area contributed by atoms with E-state index in [0.717, 1.165) is 16.2 Å². The number of fused-ring (bicyclic) bond motifs is 2. The number of hydrogen-bond donors (Lipinski definition) is 1. The van der Waals surface area contributed by atoms with E-state index in [2.05, 4.69) is 10.3 Å². The van der Waals surface area contributed by atoms with E-state index in [1.807, 2.05) is 70.7 Å². The summed E-state index contributed by atoms with van der Waals surface area (Å²) in [7, 11) is 0. The molecular formula is C22H18N4O3S. The van der Waals surface area contributed by atoms with Gasteiger partial charge in [0.25, 0.3) is 5.91 Å². The van der Waals surface area contributed by atoms with Crippen LogP contribution in [0.1, 0.15) is 6.42 Å². The fourth-order valence-corrected chi connectivity index (χ4v) is 4.13. The lowest BCUT2D eigenvalue weighted by Gasteiger charge is -2.29. The number of para-hydroxylation sites is 2. The van der Waals surface area contributed by atoms with E-state index in [1.54, 1.807) is 16.2 Å². The average Bonchev–Trinajstić information content (AvgIpc) is 3.36. The molecule has 4 aromatic rings. The summed E-state index contributed by atoms with van der Waals surface area (Å²) in [5.74, 6) is 0.361. The Morgan fingerprint density at radius 3 is 2.83 bits per heavy atom. The molecule has 1 aliphatic heterocycles. The predicted molar refractivity (Wildman–Crippen MR) is 116 cm³/mol. The highest BCUT2D eigenvalue weighted by Crippen LogP contribution is 2.31. The van der Waals surface area contributed by atoms with Crippen molar-refractivity contribution < 1.29 is 14.3 Å². The number of carbonyl (C=O) groups excluding carboxylic acids is 2. The van der Waals surface area contributed by atoms with Crippen LogP contribution in [0.25, 0.3) is 16.2 Å². The van der Waals surface area contributed by atoms with E-state index < -0.39 is 0 Å². The number of nitrogens with one attached hydrogen (secondary N) is 1. The van der Waals surface area contributed by atoms with Crippen molar-refractivity contribution in [2.24, 2.45) is 0 Å². The van der Waals surface area contributed by atoms with Gasteiger partial charge in [0.2, 0.25) is 5.91 Å². The van der Waals surface area contributed by atoms with Crippen molar-refractivity contribution >= 4 is 39.5 Å². The summed E-state index contributed by atoms with van der Waals surface area (Å²) in [5, 5.41) is 4.88. The van der Waals surface area contributed by atoms with Crippen LogP contribution in [-0.4, -0.2) is 34.4 Å². The van der Waals surface area contributed by atoms with Gasteiger partial charge in [0, 0.05) is 42.0 Å². The van der Waals surface area contributed by atoms with Gasteiger partial charge in [-0.2, -0.15) is 0 Å². The molecule has 0 saturated carbocycles. The first kappa shape index (κ1) is 18.4. The van der Waals surface area contributed by atoms with Crippen molar-refractivity contribution in [3.63, 3.8) is 0 Å². The molecule has 2 aromatic carbocycles. The molecule has 150 valence electrons. The van der Waals surface area contributed by atoms with Gasteiger partial charge in [-0.05, 0) is 24.3 Å². The van der Waals surface area contributed by atoms with Crippen LogP contribution in [0.2, 0.25) is 0 Å². The molecular weight excluding hydrogens is 400 g/mol.